The van der Waals surface area contributed by atoms with Gasteiger partial charge >= 0.3 is 0 Å². The molecule has 1 aliphatic rings. The summed E-state index contributed by atoms with van der Waals surface area (Å²) in [5.74, 6) is -0.0711. The van der Waals surface area contributed by atoms with Crippen LogP contribution in [-0.2, 0) is 0 Å². The lowest BCUT2D eigenvalue weighted by Crippen LogP contribution is -2.43. The number of nitrogen functional groups attached to an aromatic ring is 1. The standard InChI is InChI=1S/C15H23N3O/c1-15(7-9-18(2)10-8-15)11-17-14(19)12-5-3-4-6-13(12)16/h3-6H,7-11,16H2,1-2H3,(H,17,19). The Bertz CT molecular complexity index is 450. The first-order chi connectivity index (χ1) is 9.00. The minimum atomic E-state index is -0.0711. The summed E-state index contributed by atoms with van der Waals surface area (Å²) in [5, 5.41) is 3.03. The zero-order valence-corrected chi connectivity index (χ0v) is 11.8. The molecule has 1 aromatic carbocycles. The van der Waals surface area contributed by atoms with E-state index >= 15 is 0 Å². The number of carbonyl (C=O) groups is 1. The van der Waals surface area contributed by atoms with Crippen LogP contribution < -0.4 is 11.1 Å². The molecule has 0 bridgehead atoms. The van der Waals surface area contributed by atoms with Crippen LogP contribution in [-0.4, -0.2) is 37.5 Å². The minimum absolute atomic E-state index is 0.0711. The topological polar surface area (TPSA) is 58.4 Å². The molecule has 0 saturated carbocycles. The van der Waals surface area contributed by atoms with Gasteiger partial charge in [0.2, 0.25) is 0 Å². The molecule has 3 N–H and O–H groups in total. The Labute approximate surface area is 115 Å². The number of hydrogen-bond acceptors (Lipinski definition) is 3. The van der Waals surface area contributed by atoms with Crippen molar-refractivity contribution in [2.75, 3.05) is 32.4 Å². The number of nitrogens with zero attached hydrogens (tertiary/aromatic N) is 1. The van der Waals surface area contributed by atoms with Crippen molar-refractivity contribution in [3.8, 4) is 0 Å². The van der Waals surface area contributed by atoms with Crippen molar-refractivity contribution in [1.82, 2.24) is 10.2 Å². The number of anilines is 1. The molecular weight excluding hydrogens is 238 g/mol. The molecule has 0 aromatic heterocycles. The summed E-state index contributed by atoms with van der Waals surface area (Å²) in [5.41, 5.74) is 7.12. The maximum absolute atomic E-state index is 12.1. The first-order valence-electron chi connectivity index (χ1n) is 6.81. The Balaban J connectivity index is 1.92. The predicted octanol–water partition coefficient (Wildman–Crippen LogP) is 1.73. The lowest BCUT2D eigenvalue weighted by Gasteiger charge is -2.38. The van der Waals surface area contributed by atoms with Crippen LogP contribution in [0.1, 0.15) is 30.1 Å². The second-order valence-electron chi connectivity index (χ2n) is 5.88. The Morgan fingerprint density at radius 1 is 1.37 bits per heavy atom. The molecule has 0 unspecified atom stereocenters. The number of nitrogens with two attached hydrogens (primary N) is 1. The smallest absolute Gasteiger partial charge is 0.253 e. The summed E-state index contributed by atoms with van der Waals surface area (Å²) in [4.78, 5) is 14.4. The van der Waals surface area contributed by atoms with E-state index in [0.29, 0.717) is 17.8 Å². The average molecular weight is 261 g/mol. The molecule has 19 heavy (non-hydrogen) atoms. The first kappa shape index (κ1) is 13.9. The molecule has 104 valence electrons. The van der Waals surface area contributed by atoms with Crippen LogP contribution in [0.3, 0.4) is 0 Å². The van der Waals surface area contributed by atoms with Crippen molar-refractivity contribution in [1.29, 1.82) is 0 Å². The van der Waals surface area contributed by atoms with Crippen molar-refractivity contribution < 1.29 is 4.79 Å². The second-order valence-corrected chi connectivity index (χ2v) is 5.88. The number of likely N-dealkylation sites (tertiary alicyclic amines) is 1. The number of benzene rings is 1. The molecule has 0 spiro atoms. The van der Waals surface area contributed by atoms with Crippen LogP contribution in [0.15, 0.2) is 24.3 Å². The van der Waals surface area contributed by atoms with Crippen molar-refractivity contribution in [3.05, 3.63) is 29.8 Å². The molecule has 1 aromatic rings. The van der Waals surface area contributed by atoms with Gasteiger partial charge in [-0.25, -0.2) is 0 Å². The lowest BCUT2D eigenvalue weighted by atomic mass is 9.80. The zero-order valence-electron chi connectivity index (χ0n) is 11.8. The molecule has 1 saturated heterocycles. The number of rotatable bonds is 3. The van der Waals surface area contributed by atoms with Gasteiger partial charge in [-0.3, -0.25) is 4.79 Å². The van der Waals surface area contributed by atoms with Crippen molar-refractivity contribution in [2.24, 2.45) is 5.41 Å². The maximum atomic E-state index is 12.1. The highest BCUT2D eigenvalue weighted by molar-refractivity contribution is 5.99. The van der Waals surface area contributed by atoms with Crippen LogP contribution in [0.2, 0.25) is 0 Å². The number of carbonyl (C=O) groups excluding carboxylic acids is 1. The molecule has 4 nitrogen and oxygen atoms in total. The number of para-hydroxylation sites is 1. The van der Waals surface area contributed by atoms with E-state index in [1.165, 1.54) is 0 Å². The summed E-state index contributed by atoms with van der Waals surface area (Å²) in [6.45, 7) is 5.16. The molecule has 1 aliphatic heterocycles. The number of piperidine rings is 1. The van der Waals surface area contributed by atoms with E-state index in [9.17, 15) is 4.79 Å². The number of amides is 1. The van der Waals surface area contributed by atoms with Crippen LogP contribution >= 0.6 is 0 Å². The van der Waals surface area contributed by atoms with E-state index in [1.807, 2.05) is 12.1 Å². The van der Waals surface area contributed by atoms with E-state index in [2.05, 4.69) is 24.2 Å². The van der Waals surface area contributed by atoms with E-state index in [0.717, 1.165) is 25.9 Å². The van der Waals surface area contributed by atoms with E-state index in [1.54, 1.807) is 12.1 Å². The highest BCUT2D eigenvalue weighted by Crippen LogP contribution is 2.29. The average Bonchev–Trinajstić information content (AvgIpc) is 2.41. The largest absolute Gasteiger partial charge is 0.398 e. The van der Waals surface area contributed by atoms with Gasteiger partial charge in [-0.1, -0.05) is 19.1 Å². The Morgan fingerprint density at radius 2 is 2.00 bits per heavy atom. The van der Waals surface area contributed by atoms with Crippen LogP contribution in [0.4, 0.5) is 5.69 Å². The number of hydrogen-bond donors (Lipinski definition) is 2. The molecular formula is C15H23N3O. The molecule has 2 rings (SSSR count). The van der Waals surface area contributed by atoms with Crippen molar-refractivity contribution in [2.45, 2.75) is 19.8 Å². The number of nitrogens with one attached hydrogen (secondary N) is 1. The highest BCUT2D eigenvalue weighted by atomic mass is 16.1. The molecule has 1 amide bonds. The molecule has 4 heteroatoms. The SMILES string of the molecule is CN1CCC(C)(CNC(=O)c2ccccc2N)CC1. The third kappa shape index (κ3) is 3.47. The van der Waals surface area contributed by atoms with Gasteiger partial charge in [0.05, 0.1) is 5.56 Å². The minimum Gasteiger partial charge on any atom is -0.398 e. The molecule has 0 aliphatic carbocycles. The fourth-order valence-corrected chi connectivity index (χ4v) is 2.43. The maximum Gasteiger partial charge on any atom is 0.253 e. The van der Waals surface area contributed by atoms with Gasteiger partial charge in [0, 0.05) is 12.2 Å². The summed E-state index contributed by atoms with van der Waals surface area (Å²) >= 11 is 0. The fraction of sp³-hybridized carbons (Fsp3) is 0.533. The Hall–Kier alpha value is -1.55. The van der Waals surface area contributed by atoms with E-state index in [4.69, 9.17) is 5.73 Å². The van der Waals surface area contributed by atoms with Gasteiger partial charge in [0.25, 0.3) is 5.91 Å². The summed E-state index contributed by atoms with van der Waals surface area (Å²) in [6, 6.07) is 7.20. The van der Waals surface area contributed by atoms with Crippen molar-refractivity contribution >= 4 is 11.6 Å². The quantitative estimate of drug-likeness (QED) is 0.815. The molecule has 0 atom stereocenters. The van der Waals surface area contributed by atoms with Crippen LogP contribution in [0, 0.1) is 5.41 Å². The van der Waals surface area contributed by atoms with Gasteiger partial charge in [-0.15, -0.1) is 0 Å². The monoisotopic (exact) mass is 261 g/mol. The second kappa shape index (κ2) is 5.61. The van der Waals surface area contributed by atoms with Gasteiger partial charge < -0.3 is 16.0 Å². The zero-order chi connectivity index (χ0) is 13.9. The lowest BCUT2D eigenvalue weighted by molar-refractivity contribution is 0.0892. The molecule has 1 heterocycles. The first-order valence-corrected chi connectivity index (χ1v) is 6.81. The van der Waals surface area contributed by atoms with Crippen LogP contribution in [0.5, 0.6) is 0 Å². The van der Waals surface area contributed by atoms with Gasteiger partial charge in [0.1, 0.15) is 0 Å². The van der Waals surface area contributed by atoms with Crippen molar-refractivity contribution in [3.63, 3.8) is 0 Å². The normalized spacial score (nSPS) is 19.1. The van der Waals surface area contributed by atoms with Gasteiger partial charge in [-0.05, 0) is 50.5 Å². The van der Waals surface area contributed by atoms with E-state index < -0.39 is 0 Å². The van der Waals surface area contributed by atoms with Gasteiger partial charge in [-0.2, -0.15) is 0 Å². The van der Waals surface area contributed by atoms with Gasteiger partial charge in [0.15, 0.2) is 0 Å². The third-order valence-corrected chi connectivity index (χ3v) is 4.08. The fourth-order valence-electron chi connectivity index (χ4n) is 2.43. The van der Waals surface area contributed by atoms with E-state index in [-0.39, 0.29) is 11.3 Å². The Morgan fingerprint density at radius 3 is 2.63 bits per heavy atom. The summed E-state index contributed by atoms with van der Waals surface area (Å²) in [7, 11) is 2.14. The molecule has 1 fully saturated rings. The molecule has 0 radical (unpaired) electrons. The summed E-state index contributed by atoms with van der Waals surface area (Å²) in [6.07, 6.45) is 2.24. The Kier molecular flexibility index (Phi) is 4.10. The highest BCUT2D eigenvalue weighted by Gasteiger charge is 2.29. The predicted molar refractivity (Wildman–Crippen MR) is 78.0 cm³/mol. The third-order valence-electron chi connectivity index (χ3n) is 4.08. The van der Waals surface area contributed by atoms with Crippen LogP contribution in [0.25, 0.3) is 0 Å². The summed E-state index contributed by atoms with van der Waals surface area (Å²) < 4.78 is 0.